The highest BCUT2D eigenvalue weighted by atomic mass is 79.9. The summed E-state index contributed by atoms with van der Waals surface area (Å²) >= 11 is 3.54. The summed E-state index contributed by atoms with van der Waals surface area (Å²) in [6, 6.07) is 4.50. The van der Waals surface area contributed by atoms with Crippen molar-refractivity contribution in [1.29, 1.82) is 0 Å². The molecule has 1 aromatic rings. The first-order valence-electron chi connectivity index (χ1n) is 5.29. The molecule has 0 radical (unpaired) electrons. The van der Waals surface area contributed by atoms with Crippen LogP contribution in [0.3, 0.4) is 0 Å². The lowest BCUT2D eigenvalue weighted by Crippen LogP contribution is -2.28. The van der Waals surface area contributed by atoms with Crippen molar-refractivity contribution in [2.24, 2.45) is 11.7 Å². The molecule has 0 aromatic carbocycles. The zero-order valence-corrected chi connectivity index (χ0v) is 10.4. The van der Waals surface area contributed by atoms with Gasteiger partial charge in [-0.1, -0.05) is 0 Å². The number of anilines is 1. The Labute approximate surface area is 98.8 Å². The van der Waals surface area contributed by atoms with Gasteiger partial charge in [0.1, 0.15) is 5.82 Å². The molecule has 4 heteroatoms. The topological polar surface area (TPSA) is 42.1 Å². The van der Waals surface area contributed by atoms with E-state index in [-0.39, 0.29) is 0 Å². The van der Waals surface area contributed by atoms with Crippen LogP contribution in [0.1, 0.15) is 13.3 Å². The molecule has 2 heterocycles. The van der Waals surface area contributed by atoms with Gasteiger partial charge in [0, 0.05) is 18.8 Å². The first-order valence-corrected chi connectivity index (χ1v) is 6.09. The molecule has 1 saturated heterocycles. The Balaban J connectivity index is 2.21. The average Bonchev–Trinajstić information content (AvgIpc) is 2.60. The molecule has 1 aliphatic heterocycles. The van der Waals surface area contributed by atoms with Crippen molar-refractivity contribution in [3.63, 3.8) is 0 Å². The van der Waals surface area contributed by atoms with Crippen LogP contribution < -0.4 is 10.6 Å². The monoisotopic (exact) mass is 269 g/mol. The van der Waals surface area contributed by atoms with E-state index in [9.17, 15) is 0 Å². The van der Waals surface area contributed by atoms with Crippen LogP contribution in [0.5, 0.6) is 0 Å². The molecule has 1 aliphatic rings. The van der Waals surface area contributed by atoms with E-state index < -0.39 is 0 Å². The predicted molar refractivity (Wildman–Crippen MR) is 65.9 cm³/mol. The normalized spacial score (nSPS) is 25.9. The van der Waals surface area contributed by atoms with Crippen molar-refractivity contribution < 1.29 is 0 Å². The second-order valence-corrected chi connectivity index (χ2v) is 5.00. The third-order valence-electron chi connectivity index (χ3n) is 3.01. The van der Waals surface area contributed by atoms with Gasteiger partial charge in [-0.15, -0.1) is 0 Å². The van der Waals surface area contributed by atoms with E-state index in [2.05, 4.69) is 32.7 Å². The second-order valence-electron chi connectivity index (χ2n) is 4.15. The fourth-order valence-corrected chi connectivity index (χ4v) is 2.68. The van der Waals surface area contributed by atoms with E-state index in [0.717, 1.165) is 23.4 Å². The minimum atomic E-state index is 0.532. The molecule has 1 fully saturated rings. The second kappa shape index (κ2) is 4.49. The number of halogens is 1. The summed E-state index contributed by atoms with van der Waals surface area (Å²) < 4.78 is 1.06. The predicted octanol–water partition coefficient (Wildman–Crippen LogP) is 2.02. The zero-order valence-electron chi connectivity index (χ0n) is 8.86. The van der Waals surface area contributed by atoms with Crippen LogP contribution in [0.2, 0.25) is 0 Å². The number of hydrogen-bond donors (Lipinski definition) is 1. The molecule has 0 amide bonds. The molecule has 2 rings (SSSR count). The van der Waals surface area contributed by atoms with Gasteiger partial charge >= 0.3 is 0 Å². The van der Waals surface area contributed by atoms with Crippen molar-refractivity contribution in [3.8, 4) is 0 Å². The summed E-state index contributed by atoms with van der Waals surface area (Å²) in [7, 11) is 0. The SMILES string of the molecule is CC1CC(CN)CN1c1ncccc1Br. The molecular formula is C11H16BrN3. The van der Waals surface area contributed by atoms with Gasteiger partial charge in [0.15, 0.2) is 0 Å². The van der Waals surface area contributed by atoms with Gasteiger partial charge in [0.05, 0.1) is 4.47 Å². The third-order valence-corrected chi connectivity index (χ3v) is 3.62. The summed E-state index contributed by atoms with van der Waals surface area (Å²) in [6.45, 7) is 4.02. The van der Waals surface area contributed by atoms with E-state index in [1.54, 1.807) is 0 Å². The first-order chi connectivity index (χ1) is 7.22. The van der Waals surface area contributed by atoms with E-state index >= 15 is 0 Å². The summed E-state index contributed by atoms with van der Waals surface area (Å²) in [6.07, 6.45) is 3.00. The van der Waals surface area contributed by atoms with Crippen LogP contribution in [0.4, 0.5) is 5.82 Å². The first kappa shape index (κ1) is 10.9. The van der Waals surface area contributed by atoms with Crippen LogP contribution in [0, 0.1) is 5.92 Å². The molecule has 2 N–H and O–H groups in total. The Kier molecular flexibility index (Phi) is 3.26. The van der Waals surface area contributed by atoms with Gasteiger partial charge in [-0.25, -0.2) is 4.98 Å². The highest BCUT2D eigenvalue weighted by molar-refractivity contribution is 9.10. The fourth-order valence-electron chi connectivity index (χ4n) is 2.20. The van der Waals surface area contributed by atoms with Crippen LogP contribution in [-0.4, -0.2) is 24.1 Å². The molecule has 82 valence electrons. The fraction of sp³-hybridized carbons (Fsp3) is 0.545. The minimum Gasteiger partial charge on any atom is -0.353 e. The van der Waals surface area contributed by atoms with Crippen molar-refractivity contribution in [2.75, 3.05) is 18.0 Å². The Bertz CT molecular complexity index is 342. The standard InChI is InChI=1S/C11H16BrN3/c1-8-5-9(6-13)7-15(8)11-10(12)3-2-4-14-11/h2-4,8-9H,5-7,13H2,1H3. The minimum absolute atomic E-state index is 0.532. The lowest BCUT2D eigenvalue weighted by molar-refractivity contribution is 0.579. The maximum atomic E-state index is 5.72. The smallest absolute Gasteiger partial charge is 0.143 e. The Hall–Kier alpha value is -0.610. The molecule has 3 nitrogen and oxygen atoms in total. The van der Waals surface area contributed by atoms with Gasteiger partial charge < -0.3 is 10.6 Å². The Morgan fingerprint density at radius 2 is 2.47 bits per heavy atom. The molecule has 0 bridgehead atoms. The van der Waals surface area contributed by atoms with Gasteiger partial charge in [0.2, 0.25) is 0 Å². The lowest BCUT2D eigenvalue weighted by atomic mass is 10.1. The van der Waals surface area contributed by atoms with E-state index in [0.29, 0.717) is 12.0 Å². The van der Waals surface area contributed by atoms with Gasteiger partial charge in [-0.2, -0.15) is 0 Å². The summed E-state index contributed by atoms with van der Waals surface area (Å²) in [5.41, 5.74) is 5.72. The number of nitrogens with two attached hydrogens (primary N) is 1. The van der Waals surface area contributed by atoms with E-state index in [4.69, 9.17) is 5.73 Å². The summed E-state index contributed by atoms with van der Waals surface area (Å²) in [5, 5.41) is 0. The maximum absolute atomic E-state index is 5.72. The summed E-state index contributed by atoms with van der Waals surface area (Å²) in [5.74, 6) is 1.65. The highest BCUT2D eigenvalue weighted by Crippen LogP contribution is 2.31. The van der Waals surface area contributed by atoms with Crippen LogP contribution >= 0.6 is 15.9 Å². The molecule has 0 aliphatic carbocycles. The summed E-state index contributed by atoms with van der Waals surface area (Å²) in [4.78, 5) is 6.75. The Morgan fingerprint density at radius 3 is 3.07 bits per heavy atom. The number of aromatic nitrogens is 1. The Morgan fingerprint density at radius 1 is 1.67 bits per heavy atom. The molecule has 1 aromatic heterocycles. The van der Waals surface area contributed by atoms with Crippen LogP contribution in [-0.2, 0) is 0 Å². The van der Waals surface area contributed by atoms with Gasteiger partial charge in [-0.3, -0.25) is 0 Å². The molecule has 2 atom stereocenters. The van der Waals surface area contributed by atoms with Gasteiger partial charge in [-0.05, 0) is 53.9 Å². The molecule has 15 heavy (non-hydrogen) atoms. The van der Waals surface area contributed by atoms with Crippen molar-refractivity contribution >= 4 is 21.7 Å². The van der Waals surface area contributed by atoms with Crippen LogP contribution in [0.25, 0.3) is 0 Å². The number of hydrogen-bond acceptors (Lipinski definition) is 3. The number of rotatable bonds is 2. The van der Waals surface area contributed by atoms with Gasteiger partial charge in [0.25, 0.3) is 0 Å². The van der Waals surface area contributed by atoms with E-state index in [1.165, 1.54) is 6.42 Å². The van der Waals surface area contributed by atoms with Crippen LogP contribution in [0.15, 0.2) is 22.8 Å². The largest absolute Gasteiger partial charge is 0.353 e. The zero-order chi connectivity index (χ0) is 10.8. The van der Waals surface area contributed by atoms with E-state index in [1.807, 2.05) is 18.3 Å². The average molecular weight is 270 g/mol. The quantitative estimate of drug-likeness (QED) is 0.894. The molecule has 0 saturated carbocycles. The maximum Gasteiger partial charge on any atom is 0.143 e. The third kappa shape index (κ3) is 2.16. The molecule has 2 unspecified atom stereocenters. The molecular weight excluding hydrogens is 254 g/mol. The van der Waals surface area contributed by atoms with Crippen molar-refractivity contribution in [1.82, 2.24) is 4.98 Å². The molecule has 0 spiro atoms. The van der Waals surface area contributed by atoms with Crippen molar-refractivity contribution in [3.05, 3.63) is 22.8 Å². The number of nitrogens with zero attached hydrogens (tertiary/aromatic N) is 2. The number of pyridine rings is 1. The highest BCUT2D eigenvalue weighted by Gasteiger charge is 2.29. The van der Waals surface area contributed by atoms with Crippen molar-refractivity contribution in [2.45, 2.75) is 19.4 Å². The lowest BCUT2D eigenvalue weighted by Gasteiger charge is -2.23.